The Bertz CT molecular complexity index is 396. The number of amides is 2. The fourth-order valence-electron chi connectivity index (χ4n) is 1.64. The molecule has 1 heterocycles. The van der Waals surface area contributed by atoms with E-state index < -0.39 is 24.1 Å². The lowest BCUT2D eigenvalue weighted by Crippen LogP contribution is -2.45. The second kappa shape index (κ2) is 6.86. The van der Waals surface area contributed by atoms with Crippen molar-refractivity contribution in [1.82, 2.24) is 10.2 Å². The largest absolute Gasteiger partial charge is 0.480 e. The third-order valence-electron chi connectivity index (χ3n) is 2.69. The van der Waals surface area contributed by atoms with Gasteiger partial charge in [-0.1, -0.05) is 0 Å². The number of nitrogens with one attached hydrogen (secondary N) is 1. The van der Waals surface area contributed by atoms with Crippen molar-refractivity contribution in [2.24, 2.45) is 5.73 Å². The van der Waals surface area contributed by atoms with Crippen LogP contribution in [0.4, 0.5) is 0 Å². The summed E-state index contributed by atoms with van der Waals surface area (Å²) in [6, 6.07) is -1.10. The Morgan fingerprint density at radius 1 is 1.53 bits per heavy atom. The van der Waals surface area contributed by atoms with Crippen LogP contribution >= 0.6 is 0 Å². The lowest BCUT2D eigenvalue weighted by atomic mass is 10.2. The zero-order valence-corrected chi connectivity index (χ0v) is 10.3. The molecule has 0 bridgehead atoms. The smallest absolute Gasteiger partial charge is 0.327 e. The lowest BCUT2D eigenvalue weighted by molar-refractivity contribution is -0.141. The van der Waals surface area contributed by atoms with E-state index in [-0.39, 0.29) is 25.4 Å². The molecule has 106 valence electrons. The molecule has 0 aromatic heterocycles. The number of hydrogen-bond donors (Lipinski definition) is 4. The highest BCUT2D eigenvalue weighted by atomic mass is 16.4. The Morgan fingerprint density at radius 3 is 2.68 bits per heavy atom. The highest BCUT2D eigenvalue weighted by molar-refractivity contribution is 5.90. The van der Waals surface area contributed by atoms with Crippen LogP contribution in [0.2, 0.25) is 0 Å². The zero-order valence-electron chi connectivity index (χ0n) is 10.3. The quantitative estimate of drug-likeness (QED) is 0.424. The Kier molecular flexibility index (Phi) is 5.46. The molecule has 5 N–H and O–H groups in total. The molecule has 8 heteroatoms. The number of carboxylic acid groups (broad SMARTS) is 1. The standard InChI is InChI=1S/C11H17N3O5/c12-6-7(11(18)19)13-8(15)2-1-5-14-9(16)3-4-10(14)17/h3-4,7,9,16H,1-2,5-6,12H2,(H,13,15)(H,18,19)/t7-,9?/m0/s1. The molecule has 0 radical (unpaired) electrons. The number of carbonyl (C=O) groups excluding carboxylic acids is 2. The minimum atomic E-state index is -1.19. The molecule has 0 fully saturated rings. The maximum atomic E-state index is 11.4. The molecular formula is C11H17N3O5. The van der Waals surface area contributed by atoms with Crippen molar-refractivity contribution in [2.75, 3.05) is 13.1 Å². The summed E-state index contributed by atoms with van der Waals surface area (Å²) in [7, 11) is 0. The van der Waals surface area contributed by atoms with Gasteiger partial charge in [0.1, 0.15) is 12.3 Å². The van der Waals surface area contributed by atoms with Crippen molar-refractivity contribution in [3.05, 3.63) is 12.2 Å². The summed E-state index contributed by atoms with van der Waals surface area (Å²) in [4.78, 5) is 34.6. The predicted molar refractivity (Wildman–Crippen MR) is 64.7 cm³/mol. The van der Waals surface area contributed by atoms with E-state index in [9.17, 15) is 19.5 Å². The van der Waals surface area contributed by atoms with Gasteiger partial charge in [-0.15, -0.1) is 0 Å². The van der Waals surface area contributed by atoms with E-state index in [1.807, 2.05) is 0 Å². The molecule has 1 unspecified atom stereocenters. The number of carbonyl (C=O) groups is 3. The molecular weight excluding hydrogens is 254 g/mol. The topological polar surface area (TPSA) is 133 Å². The summed E-state index contributed by atoms with van der Waals surface area (Å²) >= 11 is 0. The Morgan fingerprint density at radius 2 is 2.21 bits per heavy atom. The Balaban J connectivity index is 2.27. The van der Waals surface area contributed by atoms with Crippen LogP contribution in [0.15, 0.2) is 12.2 Å². The number of aliphatic hydroxyl groups excluding tert-OH is 1. The number of rotatable bonds is 7. The van der Waals surface area contributed by atoms with Gasteiger partial charge in [0, 0.05) is 25.6 Å². The summed E-state index contributed by atoms with van der Waals surface area (Å²) in [6.07, 6.45) is 2.05. The molecule has 1 aliphatic rings. The number of aliphatic hydroxyl groups is 1. The monoisotopic (exact) mass is 271 g/mol. The molecule has 19 heavy (non-hydrogen) atoms. The average Bonchev–Trinajstić information content (AvgIpc) is 2.67. The first-order chi connectivity index (χ1) is 8.95. The second-order valence-electron chi connectivity index (χ2n) is 4.10. The summed E-state index contributed by atoms with van der Waals surface area (Å²) in [5.74, 6) is -1.95. The van der Waals surface area contributed by atoms with Crippen LogP contribution < -0.4 is 11.1 Å². The van der Waals surface area contributed by atoms with Crippen LogP contribution in [0.5, 0.6) is 0 Å². The van der Waals surface area contributed by atoms with Crippen molar-refractivity contribution in [1.29, 1.82) is 0 Å². The maximum Gasteiger partial charge on any atom is 0.327 e. The summed E-state index contributed by atoms with van der Waals surface area (Å²) in [6.45, 7) is 0.0368. The Labute approximate surface area is 109 Å². The van der Waals surface area contributed by atoms with Gasteiger partial charge in [-0.2, -0.15) is 0 Å². The molecule has 0 saturated carbocycles. The second-order valence-corrected chi connectivity index (χ2v) is 4.10. The van der Waals surface area contributed by atoms with E-state index in [0.717, 1.165) is 0 Å². The average molecular weight is 271 g/mol. The number of nitrogens with zero attached hydrogens (tertiary/aromatic N) is 1. The molecule has 2 amide bonds. The molecule has 1 rings (SSSR count). The summed E-state index contributed by atoms with van der Waals surface area (Å²) in [5.41, 5.74) is 5.20. The van der Waals surface area contributed by atoms with Gasteiger partial charge in [0.15, 0.2) is 0 Å². The SMILES string of the molecule is NC[C@H](NC(=O)CCCN1C(=O)C=CC1O)C(=O)O. The van der Waals surface area contributed by atoms with Gasteiger partial charge in [-0.05, 0) is 12.5 Å². The zero-order chi connectivity index (χ0) is 14.4. The fourth-order valence-corrected chi connectivity index (χ4v) is 1.64. The molecule has 8 nitrogen and oxygen atoms in total. The minimum Gasteiger partial charge on any atom is -0.480 e. The fraction of sp³-hybridized carbons (Fsp3) is 0.545. The molecule has 1 aliphatic heterocycles. The molecule has 0 aromatic rings. The van der Waals surface area contributed by atoms with Crippen LogP contribution in [-0.2, 0) is 14.4 Å². The highest BCUT2D eigenvalue weighted by Gasteiger charge is 2.23. The van der Waals surface area contributed by atoms with Gasteiger partial charge in [0.05, 0.1) is 0 Å². The van der Waals surface area contributed by atoms with Gasteiger partial charge in [-0.25, -0.2) is 4.79 Å². The van der Waals surface area contributed by atoms with Crippen molar-refractivity contribution >= 4 is 17.8 Å². The minimum absolute atomic E-state index is 0.0558. The lowest BCUT2D eigenvalue weighted by Gasteiger charge is -2.20. The predicted octanol–water partition coefficient (Wildman–Crippen LogP) is -1.99. The molecule has 2 atom stereocenters. The van der Waals surface area contributed by atoms with E-state index in [0.29, 0.717) is 6.42 Å². The highest BCUT2D eigenvalue weighted by Crippen LogP contribution is 2.09. The van der Waals surface area contributed by atoms with Gasteiger partial charge in [-0.3, -0.25) is 9.59 Å². The molecule has 0 saturated heterocycles. The van der Waals surface area contributed by atoms with Crippen LogP contribution in [0.1, 0.15) is 12.8 Å². The number of hydrogen-bond acceptors (Lipinski definition) is 5. The van der Waals surface area contributed by atoms with Crippen LogP contribution in [0.25, 0.3) is 0 Å². The third-order valence-corrected chi connectivity index (χ3v) is 2.69. The van der Waals surface area contributed by atoms with Crippen molar-refractivity contribution < 1.29 is 24.6 Å². The first kappa shape index (κ1) is 15.1. The maximum absolute atomic E-state index is 11.4. The first-order valence-electron chi connectivity index (χ1n) is 5.84. The van der Waals surface area contributed by atoms with Gasteiger partial charge < -0.3 is 26.2 Å². The van der Waals surface area contributed by atoms with E-state index in [4.69, 9.17) is 10.8 Å². The van der Waals surface area contributed by atoms with E-state index >= 15 is 0 Å². The number of carboxylic acids is 1. The molecule has 0 aliphatic carbocycles. The number of aliphatic carboxylic acids is 1. The Hall–Kier alpha value is -1.93. The number of nitrogens with two attached hydrogens (primary N) is 1. The van der Waals surface area contributed by atoms with Gasteiger partial charge in [0.25, 0.3) is 0 Å². The van der Waals surface area contributed by atoms with Crippen LogP contribution in [-0.4, -0.2) is 58.3 Å². The van der Waals surface area contributed by atoms with Crippen LogP contribution in [0.3, 0.4) is 0 Å². The third kappa shape index (κ3) is 4.34. The van der Waals surface area contributed by atoms with E-state index in [2.05, 4.69) is 5.32 Å². The first-order valence-corrected chi connectivity index (χ1v) is 5.84. The van der Waals surface area contributed by atoms with E-state index in [1.54, 1.807) is 0 Å². The van der Waals surface area contributed by atoms with Crippen molar-refractivity contribution in [3.63, 3.8) is 0 Å². The summed E-state index contributed by atoms with van der Waals surface area (Å²) < 4.78 is 0. The van der Waals surface area contributed by atoms with Gasteiger partial charge >= 0.3 is 5.97 Å². The van der Waals surface area contributed by atoms with Gasteiger partial charge in [0.2, 0.25) is 11.8 Å². The summed E-state index contributed by atoms with van der Waals surface area (Å²) in [5, 5.41) is 20.4. The van der Waals surface area contributed by atoms with E-state index in [1.165, 1.54) is 17.1 Å². The van der Waals surface area contributed by atoms with Crippen molar-refractivity contribution in [2.45, 2.75) is 25.1 Å². The molecule has 0 spiro atoms. The van der Waals surface area contributed by atoms with Crippen molar-refractivity contribution in [3.8, 4) is 0 Å². The molecule has 0 aromatic carbocycles. The van der Waals surface area contributed by atoms with Crippen LogP contribution in [0, 0.1) is 0 Å². The normalized spacial score (nSPS) is 19.6.